The molecule has 1 aliphatic heterocycles. The molecule has 0 spiro atoms. The van der Waals surface area contributed by atoms with E-state index in [1.165, 1.54) is 0 Å². The van der Waals surface area contributed by atoms with Gasteiger partial charge in [-0.25, -0.2) is 0 Å². The van der Waals surface area contributed by atoms with Gasteiger partial charge in [0.25, 0.3) is 0 Å². The van der Waals surface area contributed by atoms with Gasteiger partial charge in [0.15, 0.2) is 0 Å². The van der Waals surface area contributed by atoms with Crippen LogP contribution in [0.2, 0.25) is 5.02 Å². The van der Waals surface area contributed by atoms with Gasteiger partial charge in [-0.3, -0.25) is 9.69 Å². The van der Waals surface area contributed by atoms with Crippen molar-refractivity contribution in [2.75, 3.05) is 13.1 Å². The summed E-state index contributed by atoms with van der Waals surface area (Å²) in [6.07, 6.45) is 1.08. The molecule has 0 bridgehead atoms. The van der Waals surface area contributed by atoms with E-state index in [-0.39, 0.29) is 11.8 Å². The molecule has 1 aliphatic rings. The highest BCUT2D eigenvalue weighted by atomic mass is 35.5. The molecule has 1 aromatic carbocycles. The van der Waals surface area contributed by atoms with Crippen LogP contribution in [0.15, 0.2) is 24.3 Å². The standard InChI is InChI=1S/C13H13ClN2O/c14-11-3-1-2-10(8-11)13(9-15)16-6-4-12(17)5-7-16/h1-3,8,13H,4-7H2. The van der Waals surface area contributed by atoms with Crippen molar-refractivity contribution in [1.29, 1.82) is 5.26 Å². The van der Waals surface area contributed by atoms with Crippen LogP contribution in [0.5, 0.6) is 0 Å². The molecule has 1 heterocycles. The lowest BCUT2D eigenvalue weighted by Gasteiger charge is -2.30. The number of nitrogens with zero attached hydrogens (tertiary/aromatic N) is 2. The van der Waals surface area contributed by atoms with E-state index >= 15 is 0 Å². The molecule has 1 fully saturated rings. The zero-order chi connectivity index (χ0) is 12.3. The third-order valence-electron chi connectivity index (χ3n) is 3.01. The minimum Gasteiger partial charge on any atom is -0.300 e. The lowest BCUT2D eigenvalue weighted by atomic mass is 10.0. The number of rotatable bonds is 2. The minimum absolute atomic E-state index is 0.282. The maximum absolute atomic E-state index is 11.2. The van der Waals surface area contributed by atoms with Crippen LogP contribution >= 0.6 is 11.6 Å². The van der Waals surface area contributed by atoms with Gasteiger partial charge in [-0.15, -0.1) is 0 Å². The molecule has 1 aromatic rings. The van der Waals surface area contributed by atoms with Gasteiger partial charge in [-0.1, -0.05) is 23.7 Å². The van der Waals surface area contributed by atoms with Gasteiger partial charge in [-0.05, 0) is 17.7 Å². The second kappa shape index (κ2) is 5.31. The molecular weight excluding hydrogens is 236 g/mol. The molecule has 1 saturated heterocycles. The van der Waals surface area contributed by atoms with Gasteiger partial charge in [0.2, 0.25) is 0 Å². The topological polar surface area (TPSA) is 44.1 Å². The Morgan fingerprint density at radius 1 is 1.35 bits per heavy atom. The number of nitriles is 1. The van der Waals surface area contributed by atoms with E-state index < -0.39 is 0 Å². The number of hydrogen-bond donors (Lipinski definition) is 0. The SMILES string of the molecule is N#CC(c1cccc(Cl)c1)N1CCC(=O)CC1. The van der Waals surface area contributed by atoms with E-state index in [0.717, 1.165) is 5.56 Å². The van der Waals surface area contributed by atoms with Crippen LogP contribution in [0.4, 0.5) is 0 Å². The maximum atomic E-state index is 11.2. The summed E-state index contributed by atoms with van der Waals surface area (Å²) < 4.78 is 0. The fraction of sp³-hybridized carbons (Fsp3) is 0.385. The second-order valence-corrected chi connectivity index (χ2v) is 4.60. The number of ketones is 1. The number of carbonyl (C=O) groups is 1. The second-order valence-electron chi connectivity index (χ2n) is 4.16. The number of Topliss-reactive ketones (excluding diaryl/α,β-unsaturated/α-hetero) is 1. The lowest BCUT2D eigenvalue weighted by molar-refractivity contribution is -0.121. The van der Waals surface area contributed by atoms with Gasteiger partial charge in [0.05, 0.1) is 6.07 Å². The summed E-state index contributed by atoms with van der Waals surface area (Å²) in [4.78, 5) is 13.2. The number of hydrogen-bond acceptors (Lipinski definition) is 3. The van der Waals surface area contributed by atoms with Crippen molar-refractivity contribution in [2.24, 2.45) is 0 Å². The van der Waals surface area contributed by atoms with Crippen molar-refractivity contribution in [1.82, 2.24) is 4.90 Å². The molecule has 0 radical (unpaired) electrons. The normalized spacial score (nSPS) is 18.7. The summed E-state index contributed by atoms with van der Waals surface area (Å²) in [6, 6.07) is 9.33. The van der Waals surface area contributed by atoms with Gasteiger partial charge >= 0.3 is 0 Å². The summed E-state index contributed by atoms with van der Waals surface area (Å²) >= 11 is 5.93. The van der Waals surface area contributed by atoms with Crippen LogP contribution in [0.25, 0.3) is 0 Å². The zero-order valence-electron chi connectivity index (χ0n) is 9.40. The molecule has 17 heavy (non-hydrogen) atoms. The Kier molecular flexibility index (Phi) is 3.78. The third kappa shape index (κ3) is 2.85. The van der Waals surface area contributed by atoms with Gasteiger partial charge in [-0.2, -0.15) is 5.26 Å². The number of piperidine rings is 1. The first kappa shape index (κ1) is 12.1. The molecular formula is C13H13ClN2O. The fourth-order valence-corrected chi connectivity index (χ4v) is 2.27. The van der Waals surface area contributed by atoms with Crippen molar-refractivity contribution in [3.8, 4) is 6.07 Å². The quantitative estimate of drug-likeness (QED) is 0.808. The van der Waals surface area contributed by atoms with Gasteiger partial charge < -0.3 is 0 Å². The van der Waals surface area contributed by atoms with Crippen LogP contribution in [-0.4, -0.2) is 23.8 Å². The predicted molar refractivity (Wildman–Crippen MR) is 65.6 cm³/mol. The van der Waals surface area contributed by atoms with Crippen LogP contribution in [-0.2, 0) is 4.79 Å². The molecule has 0 N–H and O–H groups in total. The lowest BCUT2D eigenvalue weighted by Crippen LogP contribution is -2.36. The van der Waals surface area contributed by atoms with Crippen molar-refractivity contribution in [2.45, 2.75) is 18.9 Å². The molecule has 1 unspecified atom stereocenters. The Hall–Kier alpha value is -1.37. The number of likely N-dealkylation sites (tertiary alicyclic amines) is 1. The number of carbonyl (C=O) groups excluding carboxylic acids is 1. The summed E-state index contributed by atoms with van der Waals surface area (Å²) in [5, 5.41) is 9.90. The maximum Gasteiger partial charge on any atom is 0.135 e. The zero-order valence-corrected chi connectivity index (χ0v) is 10.2. The monoisotopic (exact) mass is 248 g/mol. The molecule has 0 amide bonds. The Morgan fingerprint density at radius 2 is 2.06 bits per heavy atom. The molecule has 3 nitrogen and oxygen atoms in total. The Balaban J connectivity index is 2.17. The van der Waals surface area contributed by atoms with Crippen molar-refractivity contribution < 1.29 is 4.79 Å². The number of benzene rings is 1. The highest BCUT2D eigenvalue weighted by Crippen LogP contribution is 2.25. The van der Waals surface area contributed by atoms with Crippen LogP contribution < -0.4 is 0 Å². The molecule has 4 heteroatoms. The molecule has 0 aliphatic carbocycles. The fourth-order valence-electron chi connectivity index (χ4n) is 2.08. The minimum atomic E-state index is -0.304. The van der Waals surface area contributed by atoms with E-state index in [1.807, 2.05) is 23.1 Å². The first-order valence-corrected chi connectivity index (χ1v) is 5.99. The van der Waals surface area contributed by atoms with Crippen LogP contribution in [0.1, 0.15) is 24.4 Å². The summed E-state index contributed by atoms with van der Waals surface area (Å²) in [5.74, 6) is 0.282. The molecule has 2 rings (SSSR count). The van der Waals surface area contributed by atoms with E-state index in [9.17, 15) is 10.1 Å². The van der Waals surface area contributed by atoms with Crippen LogP contribution in [0.3, 0.4) is 0 Å². The molecule has 0 aromatic heterocycles. The highest BCUT2D eigenvalue weighted by Gasteiger charge is 2.24. The van der Waals surface area contributed by atoms with Gasteiger partial charge in [0.1, 0.15) is 11.8 Å². The third-order valence-corrected chi connectivity index (χ3v) is 3.24. The summed E-state index contributed by atoms with van der Waals surface area (Å²) in [5.41, 5.74) is 0.898. The molecule has 1 atom stereocenters. The van der Waals surface area contributed by atoms with E-state index in [4.69, 9.17) is 11.6 Å². The Labute approximate surface area is 106 Å². The first-order chi connectivity index (χ1) is 8.20. The smallest absolute Gasteiger partial charge is 0.135 e. The van der Waals surface area contributed by atoms with E-state index in [2.05, 4.69) is 6.07 Å². The van der Waals surface area contributed by atoms with Crippen molar-refractivity contribution in [3.63, 3.8) is 0 Å². The average Bonchev–Trinajstić information content (AvgIpc) is 2.33. The van der Waals surface area contributed by atoms with Crippen molar-refractivity contribution >= 4 is 17.4 Å². The van der Waals surface area contributed by atoms with Crippen molar-refractivity contribution in [3.05, 3.63) is 34.9 Å². The highest BCUT2D eigenvalue weighted by molar-refractivity contribution is 6.30. The number of halogens is 1. The summed E-state index contributed by atoms with van der Waals surface area (Å²) in [6.45, 7) is 1.31. The van der Waals surface area contributed by atoms with E-state index in [0.29, 0.717) is 31.0 Å². The van der Waals surface area contributed by atoms with Crippen LogP contribution in [0, 0.1) is 11.3 Å². The van der Waals surface area contributed by atoms with Gasteiger partial charge in [0, 0.05) is 31.0 Å². The Bertz CT molecular complexity index is 457. The van der Waals surface area contributed by atoms with E-state index in [1.54, 1.807) is 6.07 Å². The first-order valence-electron chi connectivity index (χ1n) is 5.61. The molecule has 88 valence electrons. The Morgan fingerprint density at radius 3 is 2.65 bits per heavy atom. The molecule has 0 saturated carbocycles. The summed E-state index contributed by atoms with van der Waals surface area (Å²) in [7, 11) is 0. The largest absolute Gasteiger partial charge is 0.300 e. The predicted octanol–water partition coefficient (Wildman–Crippen LogP) is 2.57. The average molecular weight is 249 g/mol.